The van der Waals surface area contributed by atoms with Crippen LogP contribution in [0.5, 0.6) is 0 Å². The maximum atomic E-state index is 11.9. The van der Waals surface area contributed by atoms with Gasteiger partial charge in [0, 0.05) is 24.7 Å². The number of carbonyl (C=O) groups is 1. The Bertz CT molecular complexity index is 766. The van der Waals surface area contributed by atoms with Gasteiger partial charge in [-0.2, -0.15) is 0 Å². The molecule has 0 fully saturated rings. The van der Waals surface area contributed by atoms with Crippen LogP contribution in [-0.2, 0) is 17.7 Å². The van der Waals surface area contributed by atoms with Crippen LogP contribution in [-0.4, -0.2) is 18.2 Å². The molecular weight excluding hydrogens is 336 g/mol. The molecule has 0 radical (unpaired) electrons. The van der Waals surface area contributed by atoms with Gasteiger partial charge < -0.3 is 15.4 Å². The molecule has 3 rings (SSSR count). The number of amides is 1. The van der Waals surface area contributed by atoms with Crippen LogP contribution in [0.25, 0.3) is 0 Å². The molecule has 0 bridgehead atoms. The summed E-state index contributed by atoms with van der Waals surface area (Å²) in [6.07, 6.45) is 3.00. The predicted molar refractivity (Wildman–Crippen MR) is 110 cm³/mol. The highest BCUT2D eigenvalue weighted by Gasteiger charge is 2.22. The zero-order valence-electron chi connectivity index (χ0n) is 16.5. The fourth-order valence-corrected chi connectivity index (χ4v) is 3.56. The van der Waals surface area contributed by atoms with Crippen molar-refractivity contribution in [1.82, 2.24) is 5.32 Å². The number of aryl methyl sites for hydroxylation is 1. The van der Waals surface area contributed by atoms with Crippen molar-refractivity contribution in [2.75, 3.05) is 11.9 Å². The molecule has 1 amide bonds. The summed E-state index contributed by atoms with van der Waals surface area (Å²) in [5.74, 6) is 0.351. The summed E-state index contributed by atoms with van der Waals surface area (Å²) in [7, 11) is 0. The van der Waals surface area contributed by atoms with Crippen LogP contribution in [0.15, 0.2) is 48.5 Å². The lowest BCUT2D eigenvalue weighted by Gasteiger charge is -2.27. The molecule has 0 aromatic heterocycles. The largest absolute Gasteiger partial charge is 0.444 e. The van der Waals surface area contributed by atoms with E-state index < -0.39 is 5.60 Å². The van der Waals surface area contributed by atoms with Gasteiger partial charge in [0.25, 0.3) is 0 Å². The van der Waals surface area contributed by atoms with Crippen LogP contribution < -0.4 is 10.6 Å². The SMILES string of the molecule is CC(C)(C)OC(=O)NC[C@@H]1CCCc2cc(NCc3ccccc3)ccc21. The molecule has 1 aliphatic rings. The van der Waals surface area contributed by atoms with Crippen molar-refractivity contribution in [3.8, 4) is 0 Å². The van der Waals surface area contributed by atoms with Gasteiger partial charge in [0.1, 0.15) is 5.60 Å². The van der Waals surface area contributed by atoms with Gasteiger partial charge in [0.2, 0.25) is 0 Å². The average Bonchev–Trinajstić information content (AvgIpc) is 2.64. The third kappa shape index (κ3) is 5.75. The monoisotopic (exact) mass is 366 g/mol. The first kappa shape index (κ1) is 19.3. The molecular formula is C23H30N2O2. The van der Waals surface area contributed by atoms with Crippen molar-refractivity contribution in [1.29, 1.82) is 0 Å². The van der Waals surface area contributed by atoms with Crippen LogP contribution in [0.4, 0.5) is 10.5 Å². The Morgan fingerprint density at radius 3 is 2.67 bits per heavy atom. The number of carbonyl (C=O) groups excluding carboxylic acids is 1. The van der Waals surface area contributed by atoms with Crippen molar-refractivity contribution in [2.24, 2.45) is 0 Å². The van der Waals surface area contributed by atoms with Crippen LogP contribution in [0.3, 0.4) is 0 Å². The van der Waals surface area contributed by atoms with E-state index in [-0.39, 0.29) is 6.09 Å². The van der Waals surface area contributed by atoms with Gasteiger partial charge >= 0.3 is 6.09 Å². The van der Waals surface area contributed by atoms with E-state index in [4.69, 9.17) is 4.74 Å². The second-order valence-electron chi connectivity index (χ2n) is 8.22. The third-order valence-electron chi connectivity index (χ3n) is 4.81. The molecule has 0 unspecified atom stereocenters. The Hall–Kier alpha value is -2.49. The lowest BCUT2D eigenvalue weighted by atomic mass is 9.82. The van der Waals surface area contributed by atoms with E-state index in [1.165, 1.54) is 16.7 Å². The highest BCUT2D eigenvalue weighted by Crippen LogP contribution is 2.33. The number of nitrogens with one attached hydrogen (secondary N) is 2. The van der Waals surface area contributed by atoms with Gasteiger partial charge in [0.05, 0.1) is 0 Å². The molecule has 4 heteroatoms. The summed E-state index contributed by atoms with van der Waals surface area (Å²) in [6.45, 7) is 7.09. The number of benzene rings is 2. The second kappa shape index (κ2) is 8.47. The van der Waals surface area contributed by atoms with Gasteiger partial charge in [-0.15, -0.1) is 0 Å². The smallest absolute Gasteiger partial charge is 0.407 e. The summed E-state index contributed by atoms with van der Waals surface area (Å²) in [5.41, 5.74) is 4.69. The van der Waals surface area contributed by atoms with Crippen molar-refractivity contribution in [2.45, 2.75) is 58.1 Å². The van der Waals surface area contributed by atoms with Crippen LogP contribution in [0.1, 0.15) is 56.2 Å². The number of alkyl carbamates (subject to hydrolysis) is 1. The predicted octanol–water partition coefficient (Wildman–Crippen LogP) is 5.24. The minimum atomic E-state index is -0.464. The van der Waals surface area contributed by atoms with Gasteiger partial charge in [-0.1, -0.05) is 36.4 Å². The first-order valence-electron chi connectivity index (χ1n) is 9.78. The Kier molecular flexibility index (Phi) is 6.04. The molecule has 1 atom stereocenters. The van der Waals surface area contributed by atoms with E-state index in [2.05, 4.69) is 53.1 Å². The number of anilines is 1. The van der Waals surface area contributed by atoms with Crippen molar-refractivity contribution in [3.63, 3.8) is 0 Å². The van der Waals surface area contributed by atoms with Gasteiger partial charge in [-0.25, -0.2) is 4.79 Å². The number of ether oxygens (including phenoxy) is 1. The summed E-state index contributed by atoms with van der Waals surface area (Å²) in [4.78, 5) is 11.9. The van der Waals surface area contributed by atoms with Gasteiger partial charge in [-0.3, -0.25) is 0 Å². The Morgan fingerprint density at radius 2 is 1.93 bits per heavy atom. The first-order valence-corrected chi connectivity index (χ1v) is 9.78. The van der Waals surface area contributed by atoms with Gasteiger partial charge in [-0.05, 0) is 68.9 Å². The molecule has 0 saturated heterocycles. The van der Waals surface area contributed by atoms with E-state index in [1.54, 1.807) is 0 Å². The van der Waals surface area contributed by atoms with Crippen LogP contribution in [0, 0.1) is 0 Å². The zero-order chi connectivity index (χ0) is 19.3. The summed E-state index contributed by atoms with van der Waals surface area (Å²) in [5, 5.41) is 6.45. The van der Waals surface area contributed by atoms with Crippen LogP contribution >= 0.6 is 0 Å². The fraction of sp³-hybridized carbons (Fsp3) is 0.435. The molecule has 0 spiro atoms. The molecule has 0 aliphatic heterocycles. The normalized spacial score (nSPS) is 16.3. The van der Waals surface area contributed by atoms with Gasteiger partial charge in [0.15, 0.2) is 0 Å². The molecule has 144 valence electrons. The molecule has 1 aliphatic carbocycles. The molecule has 4 nitrogen and oxygen atoms in total. The van der Waals surface area contributed by atoms with E-state index >= 15 is 0 Å². The lowest BCUT2D eigenvalue weighted by Crippen LogP contribution is -2.35. The number of rotatable bonds is 5. The minimum Gasteiger partial charge on any atom is -0.444 e. The Morgan fingerprint density at radius 1 is 1.15 bits per heavy atom. The topological polar surface area (TPSA) is 50.4 Å². The molecule has 0 heterocycles. The van der Waals surface area contributed by atoms with Crippen molar-refractivity contribution < 1.29 is 9.53 Å². The standard InChI is InChI=1S/C23H30N2O2/c1-23(2,3)27-22(26)25-16-19-11-7-10-18-14-20(12-13-21(18)19)24-15-17-8-5-4-6-9-17/h4-6,8-9,12-14,19,24H,7,10-11,15-16H2,1-3H3,(H,25,26)/t19-/m0/s1. The van der Waals surface area contributed by atoms with Crippen LogP contribution in [0.2, 0.25) is 0 Å². The van der Waals surface area contributed by atoms with Crippen molar-refractivity contribution in [3.05, 3.63) is 65.2 Å². The highest BCUT2D eigenvalue weighted by molar-refractivity contribution is 5.67. The molecule has 2 N–H and O–H groups in total. The highest BCUT2D eigenvalue weighted by atomic mass is 16.6. The third-order valence-corrected chi connectivity index (χ3v) is 4.81. The van der Waals surface area contributed by atoms with E-state index in [1.807, 2.05) is 26.8 Å². The maximum absolute atomic E-state index is 11.9. The van der Waals surface area contributed by atoms with E-state index in [9.17, 15) is 4.79 Å². The summed E-state index contributed by atoms with van der Waals surface area (Å²) >= 11 is 0. The average molecular weight is 367 g/mol. The zero-order valence-corrected chi connectivity index (χ0v) is 16.5. The van der Waals surface area contributed by atoms with E-state index in [0.29, 0.717) is 12.5 Å². The lowest BCUT2D eigenvalue weighted by molar-refractivity contribution is 0.0523. The quantitative estimate of drug-likeness (QED) is 0.760. The molecule has 2 aromatic carbocycles. The Labute approximate surface area is 162 Å². The minimum absolute atomic E-state index is 0.337. The maximum Gasteiger partial charge on any atom is 0.407 e. The summed E-state index contributed by atoms with van der Waals surface area (Å²) in [6, 6.07) is 17.0. The fourth-order valence-electron chi connectivity index (χ4n) is 3.56. The summed E-state index contributed by atoms with van der Waals surface area (Å²) < 4.78 is 5.35. The van der Waals surface area contributed by atoms with E-state index in [0.717, 1.165) is 31.5 Å². The number of fused-ring (bicyclic) bond motifs is 1. The second-order valence-corrected chi connectivity index (χ2v) is 8.22. The Balaban J connectivity index is 1.60. The molecule has 2 aromatic rings. The molecule has 27 heavy (non-hydrogen) atoms. The number of hydrogen-bond donors (Lipinski definition) is 2. The number of hydrogen-bond acceptors (Lipinski definition) is 3. The van der Waals surface area contributed by atoms with Crippen molar-refractivity contribution >= 4 is 11.8 Å². The first-order chi connectivity index (χ1) is 12.9. The molecule has 0 saturated carbocycles.